The number of nitrogens with one attached hydrogen (secondary N) is 3. The minimum atomic E-state index is -0.989. The molecule has 0 aromatic heterocycles. The van der Waals surface area contributed by atoms with Crippen LogP contribution >= 0.6 is 0 Å². The van der Waals surface area contributed by atoms with Crippen LogP contribution in [0, 0.1) is 5.92 Å². The van der Waals surface area contributed by atoms with Crippen molar-refractivity contribution in [2.24, 2.45) is 5.92 Å². The van der Waals surface area contributed by atoms with Gasteiger partial charge in [-0.25, -0.2) is 9.59 Å². The highest BCUT2D eigenvalue weighted by molar-refractivity contribution is 5.74. The fourth-order valence-corrected chi connectivity index (χ4v) is 4.10. The Hall–Kier alpha value is -2.44. The number of piperidine rings is 1. The van der Waals surface area contributed by atoms with Crippen molar-refractivity contribution in [3.05, 3.63) is 29.8 Å². The van der Waals surface area contributed by atoms with Crippen LogP contribution in [0.5, 0.6) is 0 Å². The molecular formula is C21H32N4O3. The van der Waals surface area contributed by atoms with Gasteiger partial charge in [-0.2, -0.15) is 0 Å². The zero-order valence-electron chi connectivity index (χ0n) is 16.5. The van der Waals surface area contributed by atoms with E-state index in [1.54, 1.807) is 0 Å². The molecule has 1 aromatic rings. The van der Waals surface area contributed by atoms with Gasteiger partial charge in [0.15, 0.2) is 0 Å². The minimum absolute atomic E-state index is 0.0877. The van der Waals surface area contributed by atoms with E-state index in [1.165, 1.54) is 25.7 Å². The van der Waals surface area contributed by atoms with E-state index in [4.69, 9.17) is 5.11 Å². The van der Waals surface area contributed by atoms with Crippen molar-refractivity contribution in [2.75, 3.05) is 31.5 Å². The minimum Gasteiger partial charge on any atom is -0.465 e. The lowest BCUT2D eigenvalue weighted by Gasteiger charge is -2.33. The zero-order valence-corrected chi connectivity index (χ0v) is 16.5. The lowest BCUT2D eigenvalue weighted by molar-refractivity contribution is 0.182. The maximum Gasteiger partial charge on any atom is 0.404 e. The van der Waals surface area contributed by atoms with Crippen molar-refractivity contribution in [2.45, 2.75) is 51.0 Å². The standard InChI is InChI=1S/C21H32N4O3/c26-20(23-15-17-3-1-2-4-17)25-13-10-19(11-14-25)24-18-7-5-16(6-8-18)9-12-22-21(27)28/h5-8,17,19,22,24H,1-4,9-15H2,(H,23,26)(H,27,28). The molecule has 3 amide bonds. The van der Waals surface area contributed by atoms with Crippen LogP contribution in [0.4, 0.5) is 15.3 Å². The first-order valence-electron chi connectivity index (χ1n) is 10.4. The molecule has 1 heterocycles. The lowest BCUT2D eigenvalue weighted by Crippen LogP contribution is -2.47. The highest BCUT2D eigenvalue weighted by Gasteiger charge is 2.23. The van der Waals surface area contributed by atoms with Gasteiger partial charge in [-0.1, -0.05) is 25.0 Å². The van der Waals surface area contributed by atoms with Gasteiger partial charge in [0, 0.05) is 37.9 Å². The van der Waals surface area contributed by atoms with Gasteiger partial charge in [0.05, 0.1) is 0 Å². The number of carbonyl (C=O) groups is 2. The summed E-state index contributed by atoms with van der Waals surface area (Å²) in [5, 5.41) is 17.6. The third-order valence-electron chi connectivity index (χ3n) is 5.81. The largest absolute Gasteiger partial charge is 0.465 e. The predicted molar refractivity (Wildman–Crippen MR) is 110 cm³/mol. The van der Waals surface area contributed by atoms with E-state index in [0.717, 1.165) is 43.7 Å². The third kappa shape index (κ3) is 6.32. The lowest BCUT2D eigenvalue weighted by atomic mass is 10.0. The highest BCUT2D eigenvalue weighted by atomic mass is 16.4. The highest BCUT2D eigenvalue weighted by Crippen LogP contribution is 2.24. The molecule has 1 saturated heterocycles. The van der Waals surface area contributed by atoms with Crippen LogP contribution in [0.25, 0.3) is 0 Å². The molecule has 28 heavy (non-hydrogen) atoms. The Bertz CT molecular complexity index is 636. The number of nitrogens with zero attached hydrogens (tertiary/aromatic N) is 1. The van der Waals surface area contributed by atoms with Gasteiger partial charge in [0.1, 0.15) is 0 Å². The summed E-state index contributed by atoms with van der Waals surface area (Å²) in [4.78, 5) is 24.8. The van der Waals surface area contributed by atoms with E-state index in [0.29, 0.717) is 24.9 Å². The van der Waals surface area contributed by atoms with Crippen molar-refractivity contribution in [3.63, 3.8) is 0 Å². The Morgan fingerprint density at radius 1 is 1.00 bits per heavy atom. The van der Waals surface area contributed by atoms with Crippen molar-refractivity contribution >= 4 is 17.8 Å². The summed E-state index contributed by atoms with van der Waals surface area (Å²) in [6, 6.07) is 8.59. The molecule has 4 N–H and O–H groups in total. The normalized spacial score (nSPS) is 18.1. The third-order valence-corrected chi connectivity index (χ3v) is 5.81. The quantitative estimate of drug-likeness (QED) is 0.577. The van der Waals surface area contributed by atoms with Gasteiger partial charge in [0.2, 0.25) is 0 Å². The van der Waals surface area contributed by atoms with Crippen molar-refractivity contribution in [3.8, 4) is 0 Å². The maximum absolute atomic E-state index is 12.3. The first-order valence-corrected chi connectivity index (χ1v) is 10.4. The molecule has 7 heteroatoms. The molecule has 0 bridgehead atoms. The second-order valence-electron chi connectivity index (χ2n) is 7.92. The van der Waals surface area contributed by atoms with Crippen LogP contribution in [-0.2, 0) is 6.42 Å². The molecule has 0 spiro atoms. The fourth-order valence-electron chi connectivity index (χ4n) is 4.10. The molecule has 7 nitrogen and oxygen atoms in total. The van der Waals surface area contributed by atoms with Gasteiger partial charge >= 0.3 is 12.1 Å². The Labute approximate surface area is 166 Å². The molecule has 1 aliphatic carbocycles. The fraction of sp³-hybridized carbons (Fsp3) is 0.619. The number of hydrogen-bond donors (Lipinski definition) is 4. The van der Waals surface area contributed by atoms with Gasteiger partial charge < -0.3 is 26.0 Å². The van der Waals surface area contributed by atoms with E-state index < -0.39 is 6.09 Å². The second-order valence-corrected chi connectivity index (χ2v) is 7.92. The molecule has 2 aliphatic rings. The number of rotatable bonds is 7. The summed E-state index contributed by atoms with van der Waals surface area (Å²) < 4.78 is 0. The molecule has 0 radical (unpaired) electrons. The zero-order chi connectivity index (χ0) is 19.8. The van der Waals surface area contributed by atoms with Crippen LogP contribution in [0.2, 0.25) is 0 Å². The Balaban J connectivity index is 1.35. The van der Waals surface area contributed by atoms with Crippen molar-refractivity contribution in [1.29, 1.82) is 0 Å². The van der Waals surface area contributed by atoms with E-state index >= 15 is 0 Å². The van der Waals surface area contributed by atoms with Gasteiger partial charge in [-0.3, -0.25) is 0 Å². The summed E-state index contributed by atoms with van der Waals surface area (Å²) in [5.74, 6) is 0.672. The number of urea groups is 1. The molecule has 1 saturated carbocycles. The monoisotopic (exact) mass is 388 g/mol. The van der Waals surface area contributed by atoms with E-state index in [1.807, 2.05) is 29.2 Å². The molecule has 1 aliphatic heterocycles. The van der Waals surface area contributed by atoms with E-state index in [-0.39, 0.29) is 6.03 Å². The number of likely N-dealkylation sites (tertiary alicyclic amines) is 1. The predicted octanol–water partition coefficient (Wildman–Crippen LogP) is 3.27. The molecule has 2 fully saturated rings. The van der Waals surface area contributed by atoms with Crippen molar-refractivity contribution < 1.29 is 14.7 Å². The number of carboxylic acid groups (broad SMARTS) is 1. The van der Waals surface area contributed by atoms with Crippen LogP contribution in [0.15, 0.2) is 24.3 Å². The van der Waals surface area contributed by atoms with Gasteiger partial charge in [-0.15, -0.1) is 0 Å². The first kappa shape index (κ1) is 20.3. The topological polar surface area (TPSA) is 93.7 Å². The van der Waals surface area contributed by atoms with Crippen LogP contribution < -0.4 is 16.0 Å². The average Bonchev–Trinajstić information content (AvgIpc) is 3.21. The Kier molecular flexibility index (Phi) is 7.39. The van der Waals surface area contributed by atoms with E-state index in [9.17, 15) is 9.59 Å². The molecule has 0 unspecified atom stereocenters. The number of amides is 3. The van der Waals surface area contributed by atoms with Crippen molar-refractivity contribution in [1.82, 2.24) is 15.5 Å². The Morgan fingerprint density at radius 3 is 2.32 bits per heavy atom. The molecule has 1 aromatic carbocycles. The second kappa shape index (κ2) is 10.2. The van der Waals surface area contributed by atoms with E-state index in [2.05, 4.69) is 16.0 Å². The number of anilines is 1. The summed E-state index contributed by atoms with van der Waals surface area (Å²) in [6.45, 7) is 2.81. The summed E-state index contributed by atoms with van der Waals surface area (Å²) in [7, 11) is 0. The summed E-state index contributed by atoms with van der Waals surface area (Å²) in [6.07, 6.45) is 6.69. The molecule has 154 valence electrons. The SMILES string of the molecule is O=C(O)NCCc1ccc(NC2CCN(C(=O)NCC3CCCC3)CC2)cc1. The molecule has 0 atom stereocenters. The van der Waals surface area contributed by atoms with Crippen LogP contribution in [0.1, 0.15) is 44.1 Å². The summed E-state index contributed by atoms with van der Waals surface area (Å²) in [5.41, 5.74) is 2.17. The smallest absolute Gasteiger partial charge is 0.404 e. The summed E-state index contributed by atoms with van der Waals surface area (Å²) >= 11 is 0. The Morgan fingerprint density at radius 2 is 1.68 bits per heavy atom. The number of carbonyl (C=O) groups excluding carboxylic acids is 1. The average molecular weight is 389 g/mol. The number of benzene rings is 1. The van der Waals surface area contributed by atoms with Crippen LogP contribution in [-0.4, -0.2) is 54.4 Å². The number of hydrogen-bond acceptors (Lipinski definition) is 3. The van der Waals surface area contributed by atoms with Gasteiger partial charge in [-0.05, 0) is 55.7 Å². The first-order chi connectivity index (χ1) is 13.6. The maximum atomic E-state index is 12.3. The molecule has 3 rings (SSSR count). The van der Waals surface area contributed by atoms with Gasteiger partial charge in [0.25, 0.3) is 0 Å². The molecular weight excluding hydrogens is 356 g/mol. The van der Waals surface area contributed by atoms with Crippen LogP contribution in [0.3, 0.4) is 0 Å².